The lowest BCUT2D eigenvalue weighted by Gasteiger charge is -2.10. The third-order valence-electron chi connectivity index (χ3n) is 3.58. The van der Waals surface area contributed by atoms with Gasteiger partial charge in [0, 0.05) is 30.9 Å². The molecule has 3 N–H and O–H groups in total. The van der Waals surface area contributed by atoms with Crippen LogP contribution < -0.4 is 10.6 Å². The molecule has 0 spiro atoms. The van der Waals surface area contributed by atoms with Gasteiger partial charge in [-0.2, -0.15) is 5.10 Å². The zero-order chi connectivity index (χ0) is 17.6. The van der Waals surface area contributed by atoms with Gasteiger partial charge in [0.25, 0.3) is 0 Å². The smallest absolute Gasteiger partial charge is 0.315 e. The number of rotatable bonds is 6. The van der Waals surface area contributed by atoms with Gasteiger partial charge in [0.1, 0.15) is 0 Å². The summed E-state index contributed by atoms with van der Waals surface area (Å²) >= 11 is 0. The topological polar surface area (TPSA) is 105 Å². The summed E-state index contributed by atoms with van der Waals surface area (Å²) in [5.74, 6) is 1.05. The average molecular weight is 341 g/mol. The molecule has 0 saturated heterocycles. The molecule has 130 valence electrons. The lowest BCUT2D eigenvalue weighted by Crippen LogP contribution is -2.37. The number of amides is 2. The first-order valence-electron chi connectivity index (χ1n) is 7.80. The van der Waals surface area contributed by atoms with Crippen LogP contribution in [-0.4, -0.2) is 32.4 Å². The standard InChI is InChI=1S/C17H19N5O3/c1-22-11-13(7-21-22)14(23)8-19-17(24)20-10-16-18-9-15(25-16)12-5-3-2-4-6-12/h2-7,9,11,14,23H,8,10H2,1H3,(H2,19,20,24)/t14-/m0/s1. The van der Waals surface area contributed by atoms with E-state index in [-0.39, 0.29) is 13.1 Å². The van der Waals surface area contributed by atoms with Gasteiger partial charge in [0.15, 0.2) is 5.76 Å². The molecular weight excluding hydrogens is 322 g/mol. The Hall–Kier alpha value is -3.13. The van der Waals surface area contributed by atoms with E-state index in [0.29, 0.717) is 17.2 Å². The summed E-state index contributed by atoms with van der Waals surface area (Å²) in [6, 6.07) is 9.18. The molecule has 2 amide bonds. The first-order chi connectivity index (χ1) is 12.1. The summed E-state index contributed by atoms with van der Waals surface area (Å²) in [6.07, 6.45) is 4.06. The fourth-order valence-corrected chi connectivity index (χ4v) is 2.27. The molecule has 3 rings (SSSR count). The van der Waals surface area contributed by atoms with Crippen molar-refractivity contribution in [2.45, 2.75) is 12.6 Å². The molecule has 0 radical (unpaired) electrons. The van der Waals surface area contributed by atoms with Crippen molar-refractivity contribution in [1.29, 1.82) is 0 Å². The Morgan fingerprint density at radius 1 is 1.28 bits per heavy atom. The number of aliphatic hydroxyl groups is 1. The van der Waals surface area contributed by atoms with Crippen molar-refractivity contribution in [3.8, 4) is 11.3 Å². The minimum absolute atomic E-state index is 0.0817. The highest BCUT2D eigenvalue weighted by Crippen LogP contribution is 2.19. The van der Waals surface area contributed by atoms with Gasteiger partial charge in [-0.3, -0.25) is 4.68 Å². The number of oxazole rings is 1. The van der Waals surface area contributed by atoms with Crippen LogP contribution >= 0.6 is 0 Å². The van der Waals surface area contributed by atoms with E-state index in [9.17, 15) is 9.90 Å². The molecule has 2 heterocycles. The summed E-state index contributed by atoms with van der Waals surface area (Å²) in [7, 11) is 1.76. The van der Waals surface area contributed by atoms with Crippen LogP contribution in [0.4, 0.5) is 4.79 Å². The largest absolute Gasteiger partial charge is 0.439 e. The van der Waals surface area contributed by atoms with Gasteiger partial charge in [0.05, 0.1) is 25.0 Å². The van der Waals surface area contributed by atoms with Gasteiger partial charge >= 0.3 is 6.03 Å². The normalized spacial score (nSPS) is 11.9. The lowest BCUT2D eigenvalue weighted by molar-refractivity contribution is 0.173. The van der Waals surface area contributed by atoms with Crippen LogP contribution in [0.15, 0.2) is 53.3 Å². The maximum atomic E-state index is 11.8. The summed E-state index contributed by atoms with van der Waals surface area (Å²) in [6.45, 7) is 0.236. The van der Waals surface area contributed by atoms with Gasteiger partial charge in [-0.1, -0.05) is 30.3 Å². The average Bonchev–Trinajstić information content (AvgIpc) is 3.28. The van der Waals surface area contributed by atoms with E-state index in [2.05, 4.69) is 20.7 Å². The predicted octanol–water partition coefficient (Wildman–Crippen LogP) is 1.61. The molecule has 1 aromatic carbocycles. The van der Waals surface area contributed by atoms with E-state index in [1.807, 2.05) is 30.3 Å². The monoisotopic (exact) mass is 341 g/mol. The Kier molecular flexibility index (Phi) is 5.10. The van der Waals surface area contributed by atoms with Crippen molar-refractivity contribution in [2.24, 2.45) is 7.05 Å². The summed E-state index contributed by atoms with van der Waals surface area (Å²) < 4.78 is 7.19. The zero-order valence-corrected chi connectivity index (χ0v) is 13.7. The highest BCUT2D eigenvalue weighted by Gasteiger charge is 2.12. The number of aromatic nitrogens is 3. The minimum atomic E-state index is -0.814. The van der Waals surface area contributed by atoms with Crippen molar-refractivity contribution in [1.82, 2.24) is 25.4 Å². The quantitative estimate of drug-likeness (QED) is 0.632. The lowest BCUT2D eigenvalue weighted by atomic mass is 10.2. The van der Waals surface area contributed by atoms with Gasteiger partial charge in [-0.05, 0) is 0 Å². The third-order valence-corrected chi connectivity index (χ3v) is 3.58. The molecule has 3 aromatic rings. The van der Waals surface area contributed by atoms with Gasteiger partial charge in [-0.25, -0.2) is 9.78 Å². The second-order valence-electron chi connectivity index (χ2n) is 5.51. The maximum Gasteiger partial charge on any atom is 0.315 e. The van der Waals surface area contributed by atoms with Crippen molar-refractivity contribution in [3.05, 3.63) is 60.4 Å². The first kappa shape index (κ1) is 16.7. The second-order valence-corrected chi connectivity index (χ2v) is 5.51. The number of urea groups is 1. The summed E-state index contributed by atoms with van der Waals surface area (Å²) in [5, 5.41) is 19.2. The first-order valence-corrected chi connectivity index (χ1v) is 7.80. The molecule has 0 bridgehead atoms. The number of carbonyl (C=O) groups excluding carboxylic acids is 1. The maximum absolute atomic E-state index is 11.8. The summed E-state index contributed by atoms with van der Waals surface area (Å²) in [5.41, 5.74) is 1.56. The number of benzene rings is 1. The number of hydrogen-bond donors (Lipinski definition) is 3. The van der Waals surface area contributed by atoms with Crippen LogP contribution in [0.25, 0.3) is 11.3 Å². The van der Waals surface area contributed by atoms with Crippen LogP contribution in [0, 0.1) is 0 Å². The molecule has 8 heteroatoms. The van der Waals surface area contributed by atoms with Crippen molar-refractivity contribution in [3.63, 3.8) is 0 Å². The molecule has 0 aliphatic heterocycles. The number of aliphatic hydroxyl groups excluding tert-OH is 1. The van der Waals surface area contributed by atoms with Crippen molar-refractivity contribution in [2.75, 3.05) is 6.54 Å². The van der Waals surface area contributed by atoms with Gasteiger partial charge in [-0.15, -0.1) is 0 Å². The van der Waals surface area contributed by atoms with E-state index < -0.39 is 12.1 Å². The highest BCUT2D eigenvalue weighted by atomic mass is 16.4. The van der Waals surface area contributed by atoms with E-state index in [4.69, 9.17) is 4.42 Å². The van der Waals surface area contributed by atoms with E-state index in [0.717, 1.165) is 5.56 Å². The predicted molar refractivity (Wildman–Crippen MR) is 90.3 cm³/mol. The molecule has 0 saturated carbocycles. The number of hydrogen-bond acceptors (Lipinski definition) is 5. The Morgan fingerprint density at radius 3 is 2.80 bits per heavy atom. The number of nitrogens with zero attached hydrogens (tertiary/aromatic N) is 3. The van der Waals surface area contributed by atoms with E-state index >= 15 is 0 Å². The van der Waals surface area contributed by atoms with Crippen LogP contribution in [0.3, 0.4) is 0 Å². The van der Waals surface area contributed by atoms with Gasteiger partial charge < -0.3 is 20.2 Å². The van der Waals surface area contributed by atoms with Crippen LogP contribution in [-0.2, 0) is 13.6 Å². The second kappa shape index (κ2) is 7.63. The molecule has 0 aliphatic carbocycles. The van der Waals surface area contributed by atoms with Crippen LogP contribution in [0.5, 0.6) is 0 Å². The number of aryl methyl sites for hydroxylation is 1. The Morgan fingerprint density at radius 2 is 2.08 bits per heavy atom. The number of carbonyl (C=O) groups is 1. The Balaban J connectivity index is 1.45. The molecule has 1 atom stereocenters. The molecule has 0 aliphatic rings. The van der Waals surface area contributed by atoms with Crippen molar-refractivity contribution < 1.29 is 14.3 Å². The fraction of sp³-hybridized carbons (Fsp3) is 0.235. The van der Waals surface area contributed by atoms with E-state index in [1.165, 1.54) is 0 Å². The van der Waals surface area contributed by atoms with Crippen LogP contribution in [0.2, 0.25) is 0 Å². The molecule has 2 aromatic heterocycles. The third kappa shape index (κ3) is 4.45. The Labute approximate surface area is 144 Å². The molecule has 0 fully saturated rings. The van der Waals surface area contributed by atoms with Crippen LogP contribution in [0.1, 0.15) is 17.6 Å². The molecule has 25 heavy (non-hydrogen) atoms. The van der Waals surface area contributed by atoms with E-state index in [1.54, 1.807) is 30.3 Å². The number of nitrogens with one attached hydrogen (secondary N) is 2. The van der Waals surface area contributed by atoms with Crippen molar-refractivity contribution >= 4 is 6.03 Å². The minimum Gasteiger partial charge on any atom is -0.439 e. The Bertz CT molecular complexity index is 828. The summed E-state index contributed by atoms with van der Waals surface area (Å²) in [4.78, 5) is 16.0. The molecule has 0 unspecified atom stereocenters. The van der Waals surface area contributed by atoms with Gasteiger partial charge in [0.2, 0.25) is 5.89 Å². The zero-order valence-electron chi connectivity index (χ0n) is 13.7. The highest BCUT2D eigenvalue weighted by molar-refractivity contribution is 5.73. The molecule has 8 nitrogen and oxygen atoms in total. The fourth-order valence-electron chi connectivity index (χ4n) is 2.27. The molecular formula is C17H19N5O3. The SMILES string of the molecule is Cn1cc([C@@H](O)CNC(=O)NCc2ncc(-c3ccccc3)o2)cn1.